The minimum absolute atomic E-state index is 0.220. The van der Waals surface area contributed by atoms with Crippen LogP contribution in [0.25, 0.3) is 16.8 Å². The average Bonchev–Trinajstić information content (AvgIpc) is 3.06. The lowest BCUT2D eigenvalue weighted by molar-refractivity contribution is -0.127. The number of amides is 3. The van der Waals surface area contributed by atoms with Crippen LogP contribution >= 0.6 is 27.7 Å². The molecule has 0 spiro atoms. The molecular formula is C24H19BrN2O5S. The summed E-state index contributed by atoms with van der Waals surface area (Å²) in [6.07, 6.45) is 1.58. The van der Waals surface area contributed by atoms with Crippen LogP contribution in [0.4, 0.5) is 10.5 Å². The Hall–Kier alpha value is -3.30. The van der Waals surface area contributed by atoms with Gasteiger partial charge in [0.05, 0.1) is 23.6 Å². The second-order valence-electron chi connectivity index (χ2n) is 7.08. The number of carbonyl (C=O) groups excluding carboxylic acids is 3. The Morgan fingerprint density at radius 2 is 1.85 bits per heavy atom. The first kappa shape index (κ1) is 22.9. The van der Waals surface area contributed by atoms with E-state index in [0.717, 1.165) is 27.4 Å². The summed E-state index contributed by atoms with van der Waals surface area (Å²) in [5.41, 5.74) is 1.26. The van der Waals surface area contributed by atoms with Gasteiger partial charge < -0.3 is 14.8 Å². The Morgan fingerprint density at radius 3 is 2.61 bits per heavy atom. The largest absolute Gasteiger partial charge is 0.493 e. The molecule has 33 heavy (non-hydrogen) atoms. The molecule has 0 unspecified atom stereocenters. The van der Waals surface area contributed by atoms with E-state index in [4.69, 9.17) is 9.47 Å². The van der Waals surface area contributed by atoms with E-state index in [1.54, 1.807) is 24.3 Å². The van der Waals surface area contributed by atoms with Crippen LogP contribution in [0.15, 0.2) is 64.0 Å². The number of rotatable bonds is 6. The number of anilines is 1. The lowest BCUT2D eigenvalue weighted by atomic mass is 10.1. The molecule has 7 nitrogen and oxygen atoms in total. The van der Waals surface area contributed by atoms with E-state index in [9.17, 15) is 14.4 Å². The van der Waals surface area contributed by atoms with Crippen molar-refractivity contribution >= 4 is 67.3 Å². The number of nitrogens with zero attached hydrogens (tertiary/aromatic N) is 1. The SMILES string of the molecule is COc1cc(/C=C2/SC(=O)N(CC(=O)Nc3cccc4ccccc34)C2=O)cc(Br)c1OC. The van der Waals surface area contributed by atoms with Gasteiger partial charge in [-0.05, 0) is 62.9 Å². The van der Waals surface area contributed by atoms with Gasteiger partial charge in [-0.1, -0.05) is 36.4 Å². The van der Waals surface area contributed by atoms with Crippen molar-refractivity contribution in [2.24, 2.45) is 0 Å². The van der Waals surface area contributed by atoms with E-state index in [0.29, 0.717) is 27.2 Å². The predicted molar refractivity (Wildman–Crippen MR) is 133 cm³/mol. The molecule has 0 radical (unpaired) electrons. The molecule has 0 bridgehead atoms. The van der Waals surface area contributed by atoms with Crippen molar-refractivity contribution in [3.63, 3.8) is 0 Å². The van der Waals surface area contributed by atoms with Gasteiger partial charge in [-0.25, -0.2) is 0 Å². The number of fused-ring (bicyclic) bond motifs is 1. The number of hydrogen-bond acceptors (Lipinski definition) is 6. The first-order valence-corrected chi connectivity index (χ1v) is 11.5. The van der Waals surface area contributed by atoms with Crippen molar-refractivity contribution in [3.8, 4) is 11.5 Å². The minimum atomic E-state index is -0.524. The molecule has 9 heteroatoms. The Bertz CT molecular complexity index is 1300. The summed E-state index contributed by atoms with van der Waals surface area (Å²) in [4.78, 5) is 39.1. The molecule has 168 valence electrons. The Labute approximate surface area is 202 Å². The molecule has 3 amide bonds. The number of carbonyl (C=O) groups is 3. The van der Waals surface area contributed by atoms with Crippen molar-refractivity contribution in [1.29, 1.82) is 0 Å². The van der Waals surface area contributed by atoms with E-state index in [1.807, 2.05) is 36.4 Å². The maximum absolute atomic E-state index is 12.9. The van der Waals surface area contributed by atoms with Crippen LogP contribution < -0.4 is 14.8 Å². The summed E-state index contributed by atoms with van der Waals surface area (Å²) >= 11 is 4.20. The van der Waals surface area contributed by atoms with E-state index in [1.165, 1.54) is 14.2 Å². The molecule has 1 aliphatic rings. The lowest BCUT2D eigenvalue weighted by Crippen LogP contribution is -2.36. The van der Waals surface area contributed by atoms with E-state index in [2.05, 4.69) is 21.2 Å². The van der Waals surface area contributed by atoms with Crippen molar-refractivity contribution < 1.29 is 23.9 Å². The number of ether oxygens (including phenoxy) is 2. The van der Waals surface area contributed by atoms with Crippen molar-refractivity contribution in [3.05, 3.63) is 69.5 Å². The first-order valence-electron chi connectivity index (χ1n) is 9.85. The molecule has 1 fully saturated rings. The van der Waals surface area contributed by atoms with Gasteiger partial charge in [0.15, 0.2) is 11.5 Å². The van der Waals surface area contributed by atoms with Crippen LogP contribution in [-0.4, -0.2) is 42.7 Å². The van der Waals surface area contributed by atoms with Crippen LogP contribution in [0.3, 0.4) is 0 Å². The van der Waals surface area contributed by atoms with Crippen molar-refractivity contribution in [2.45, 2.75) is 0 Å². The number of methoxy groups -OCH3 is 2. The molecule has 1 saturated heterocycles. The highest BCUT2D eigenvalue weighted by Crippen LogP contribution is 2.38. The summed E-state index contributed by atoms with van der Waals surface area (Å²) in [6, 6.07) is 16.6. The normalized spacial score (nSPS) is 14.8. The van der Waals surface area contributed by atoms with Gasteiger partial charge in [0.25, 0.3) is 11.1 Å². The first-order chi connectivity index (χ1) is 15.9. The van der Waals surface area contributed by atoms with Crippen LogP contribution in [0.1, 0.15) is 5.56 Å². The minimum Gasteiger partial charge on any atom is -0.493 e. The second-order valence-corrected chi connectivity index (χ2v) is 8.93. The summed E-state index contributed by atoms with van der Waals surface area (Å²) < 4.78 is 11.3. The predicted octanol–water partition coefficient (Wildman–Crippen LogP) is 5.29. The number of thioether (sulfide) groups is 1. The third-order valence-corrected chi connectivity index (χ3v) is 6.49. The average molecular weight is 527 g/mol. The van der Waals surface area contributed by atoms with Crippen LogP contribution in [0.5, 0.6) is 11.5 Å². The maximum Gasteiger partial charge on any atom is 0.294 e. The van der Waals surface area contributed by atoms with Crippen molar-refractivity contribution in [2.75, 3.05) is 26.1 Å². The zero-order valence-electron chi connectivity index (χ0n) is 17.8. The number of nitrogens with one attached hydrogen (secondary N) is 1. The monoisotopic (exact) mass is 526 g/mol. The zero-order valence-corrected chi connectivity index (χ0v) is 20.2. The standard InChI is InChI=1S/C24H19BrN2O5S/c1-31-19-11-14(10-17(25)22(19)32-2)12-20-23(29)27(24(30)33-20)13-21(28)26-18-9-5-7-15-6-3-4-8-16(15)18/h3-12H,13H2,1-2H3,(H,26,28)/b20-12+. The molecule has 1 aliphatic heterocycles. The number of imide groups is 1. The van der Waals surface area contributed by atoms with Gasteiger partial charge in [-0.2, -0.15) is 0 Å². The zero-order chi connectivity index (χ0) is 23.5. The highest BCUT2D eigenvalue weighted by Gasteiger charge is 2.36. The Kier molecular flexibility index (Phi) is 6.71. The number of halogens is 1. The van der Waals surface area contributed by atoms with E-state index < -0.39 is 17.1 Å². The summed E-state index contributed by atoms with van der Waals surface area (Å²) in [5.74, 6) is 0.0208. The van der Waals surface area contributed by atoms with Gasteiger partial charge in [0.2, 0.25) is 5.91 Å². The maximum atomic E-state index is 12.9. The number of benzene rings is 3. The molecule has 4 rings (SSSR count). The topological polar surface area (TPSA) is 84.9 Å². The Balaban J connectivity index is 1.51. The van der Waals surface area contributed by atoms with Gasteiger partial charge >= 0.3 is 0 Å². The molecule has 3 aromatic rings. The quantitative estimate of drug-likeness (QED) is 0.439. The third kappa shape index (κ3) is 4.74. The van der Waals surface area contributed by atoms with Gasteiger partial charge in [0, 0.05) is 11.1 Å². The third-order valence-electron chi connectivity index (χ3n) is 4.99. The molecule has 0 saturated carbocycles. The Morgan fingerprint density at radius 1 is 1.09 bits per heavy atom. The molecular weight excluding hydrogens is 508 g/mol. The van der Waals surface area contributed by atoms with Crippen molar-refractivity contribution in [1.82, 2.24) is 4.90 Å². The highest BCUT2D eigenvalue weighted by molar-refractivity contribution is 9.10. The summed E-state index contributed by atoms with van der Waals surface area (Å²) in [6.45, 7) is -0.374. The fraction of sp³-hybridized carbons (Fsp3) is 0.125. The highest BCUT2D eigenvalue weighted by atomic mass is 79.9. The molecule has 3 aromatic carbocycles. The molecule has 1 N–H and O–H groups in total. The summed E-state index contributed by atoms with van der Waals surface area (Å²) in [7, 11) is 3.04. The molecule has 0 aromatic heterocycles. The molecule has 0 atom stereocenters. The van der Waals surface area contributed by atoms with E-state index in [-0.39, 0.29) is 11.4 Å². The second kappa shape index (κ2) is 9.68. The van der Waals surface area contributed by atoms with Crippen LogP contribution in [0, 0.1) is 0 Å². The fourth-order valence-corrected chi connectivity index (χ4v) is 4.94. The summed E-state index contributed by atoms with van der Waals surface area (Å²) in [5, 5.41) is 4.15. The van der Waals surface area contributed by atoms with Crippen LogP contribution in [-0.2, 0) is 9.59 Å². The lowest BCUT2D eigenvalue weighted by Gasteiger charge is -2.13. The van der Waals surface area contributed by atoms with Gasteiger partial charge in [-0.15, -0.1) is 0 Å². The smallest absolute Gasteiger partial charge is 0.294 e. The van der Waals surface area contributed by atoms with Crippen LogP contribution in [0.2, 0.25) is 0 Å². The number of hydrogen-bond donors (Lipinski definition) is 1. The van der Waals surface area contributed by atoms with Gasteiger partial charge in [0.1, 0.15) is 6.54 Å². The van der Waals surface area contributed by atoms with E-state index >= 15 is 0 Å². The molecule has 0 aliphatic carbocycles. The molecule has 1 heterocycles. The van der Waals surface area contributed by atoms with Gasteiger partial charge in [-0.3, -0.25) is 19.3 Å². The fourth-order valence-electron chi connectivity index (χ4n) is 3.48.